The van der Waals surface area contributed by atoms with E-state index in [-0.39, 0.29) is 5.41 Å². The van der Waals surface area contributed by atoms with Crippen molar-refractivity contribution in [2.24, 2.45) is 11.1 Å². The van der Waals surface area contributed by atoms with E-state index in [4.69, 9.17) is 5.73 Å². The van der Waals surface area contributed by atoms with Gasteiger partial charge in [-0.05, 0) is 42.6 Å². The first-order valence-corrected chi connectivity index (χ1v) is 5.86. The molecule has 0 bridgehead atoms. The molecule has 0 aliphatic rings. The Kier molecular flexibility index (Phi) is 4.62. The summed E-state index contributed by atoms with van der Waals surface area (Å²) >= 11 is 0. The van der Waals surface area contributed by atoms with Crippen molar-refractivity contribution in [3.8, 4) is 0 Å². The van der Waals surface area contributed by atoms with Gasteiger partial charge in [-0.25, -0.2) is 0 Å². The summed E-state index contributed by atoms with van der Waals surface area (Å²) in [5, 5.41) is 3.13. The summed E-state index contributed by atoms with van der Waals surface area (Å²) in [7, 11) is 0. The van der Waals surface area contributed by atoms with Crippen LogP contribution in [0.1, 0.15) is 25.8 Å². The molecule has 0 unspecified atom stereocenters. The number of benzene rings is 1. The van der Waals surface area contributed by atoms with E-state index in [0.29, 0.717) is 18.8 Å². The molecule has 0 spiro atoms. The van der Waals surface area contributed by atoms with Crippen molar-refractivity contribution in [3.05, 3.63) is 29.8 Å². The summed E-state index contributed by atoms with van der Waals surface area (Å²) in [6.45, 7) is 5.41. The van der Waals surface area contributed by atoms with Gasteiger partial charge >= 0.3 is 6.18 Å². The van der Waals surface area contributed by atoms with Crippen LogP contribution >= 0.6 is 0 Å². The van der Waals surface area contributed by atoms with Crippen molar-refractivity contribution in [1.82, 2.24) is 0 Å². The van der Waals surface area contributed by atoms with Crippen LogP contribution in [0.3, 0.4) is 0 Å². The Morgan fingerprint density at radius 2 is 1.67 bits per heavy atom. The molecule has 0 saturated carbocycles. The first kappa shape index (κ1) is 14.8. The van der Waals surface area contributed by atoms with Crippen LogP contribution in [0.4, 0.5) is 18.9 Å². The van der Waals surface area contributed by atoms with Crippen molar-refractivity contribution in [2.75, 3.05) is 18.4 Å². The number of nitrogens with one attached hydrogen (secondary N) is 1. The summed E-state index contributed by atoms with van der Waals surface area (Å²) in [6.07, 6.45) is -3.42. The molecular weight excluding hydrogens is 241 g/mol. The van der Waals surface area contributed by atoms with Crippen molar-refractivity contribution in [3.63, 3.8) is 0 Å². The van der Waals surface area contributed by atoms with Gasteiger partial charge in [-0.3, -0.25) is 0 Å². The zero-order valence-corrected chi connectivity index (χ0v) is 10.6. The molecule has 1 rings (SSSR count). The highest BCUT2D eigenvalue weighted by Crippen LogP contribution is 2.30. The molecule has 0 aromatic heterocycles. The molecule has 0 heterocycles. The van der Waals surface area contributed by atoms with Crippen LogP contribution < -0.4 is 11.1 Å². The first-order valence-electron chi connectivity index (χ1n) is 5.86. The number of rotatable bonds is 5. The van der Waals surface area contributed by atoms with Gasteiger partial charge in [0.05, 0.1) is 5.56 Å². The molecule has 0 amide bonds. The summed E-state index contributed by atoms with van der Waals surface area (Å²) < 4.78 is 37.1. The van der Waals surface area contributed by atoms with Crippen LogP contribution in [0, 0.1) is 5.41 Å². The normalized spacial score (nSPS) is 12.6. The molecule has 1 aromatic carbocycles. The van der Waals surface area contributed by atoms with Crippen LogP contribution in [-0.4, -0.2) is 13.1 Å². The molecule has 0 aliphatic heterocycles. The lowest BCUT2D eigenvalue weighted by Crippen LogP contribution is -2.26. The lowest BCUT2D eigenvalue weighted by Gasteiger charge is -2.24. The lowest BCUT2D eigenvalue weighted by atomic mass is 9.89. The summed E-state index contributed by atoms with van der Waals surface area (Å²) in [4.78, 5) is 0. The maximum atomic E-state index is 12.4. The maximum absolute atomic E-state index is 12.4. The first-order chi connectivity index (χ1) is 8.24. The highest BCUT2D eigenvalue weighted by molar-refractivity contribution is 5.45. The zero-order valence-electron chi connectivity index (χ0n) is 10.6. The largest absolute Gasteiger partial charge is 0.416 e. The topological polar surface area (TPSA) is 38.0 Å². The third-order valence-electron chi connectivity index (χ3n) is 2.80. The van der Waals surface area contributed by atoms with Gasteiger partial charge in [0.2, 0.25) is 0 Å². The molecule has 18 heavy (non-hydrogen) atoms. The molecule has 0 fully saturated rings. The SMILES string of the molecule is CC(C)(CCN)CNc1ccc(C(F)(F)F)cc1. The Balaban J connectivity index is 2.60. The van der Waals surface area contributed by atoms with E-state index in [1.807, 2.05) is 0 Å². The van der Waals surface area contributed by atoms with E-state index in [1.54, 1.807) is 0 Å². The van der Waals surface area contributed by atoms with E-state index >= 15 is 0 Å². The van der Waals surface area contributed by atoms with Gasteiger partial charge < -0.3 is 11.1 Å². The number of hydrogen-bond donors (Lipinski definition) is 2. The van der Waals surface area contributed by atoms with Crippen molar-refractivity contribution < 1.29 is 13.2 Å². The van der Waals surface area contributed by atoms with Crippen molar-refractivity contribution >= 4 is 5.69 Å². The van der Waals surface area contributed by atoms with E-state index in [1.165, 1.54) is 12.1 Å². The number of alkyl halides is 3. The minimum Gasteiger partial charge on any atom is -0.385 e. The minimum atomic E-state index is -4.28. The van der Waals surface area contributed by atoms with Crippen LogP contribution in [0.2, 0.25) is 0 Å². The third-order valence-corrected chi connectivity index (χ3v) is 2.80. The fraction of sp³-hybridized carbons (Fsp3) is 0.538. The second kappa shape index (κ2) is 5.61. The molecule has 0 aliphatic carbocycles. The highest BCUT2D eigenvalue weighted by Gasteiger charge is 2.29. The minimum absolute atomic E-state index is 0.0252. The fourth-order valence-corrected chi connectivity index (χ4v) is 1.60. The van der Waals surface area contributed by atoms with Gasteiger partial charge in [0, 0.05) is 12.2 Å². The Morgan fingerprint density at radius 1 is 1.11 bits per heavy atom. The Morgan fingerprint density at radius 3 is 2.11 bits per heavy atom. The second-order valence-corrected chi connectivity index (χ2v) is 5.13. The summed E-state index contributed by atoms with van der Waals surface area (Å²) in [5.74, 6) is 0. The Bertz CT molecular complexity index is 369. The summed E-state index contributed by atoms with van der Waals surface area (Å²) in [6, 6.07) is 5.05. The molecule has 2 nitrogen and oxygen atoms in total. The van der Waals surface area contributed by atoms with Gasteiger partial charge in [-0.15, -0.1) is 0 Å². The highest BCUT2D eigenvalue weighted by atomic mass is 19.4. The second-order valence-electron chi connectivity index (χ2n) is 5.13. The molecule has 3 N–H and O–H groups in total. The van der Waals surface area contributed by atoms with E-state index in [0.717, 1.165) is 18.6 Å². The predicted octanol–water partition coefficient (Wildman–Crippen LogP) is 3.49. The average molecular weight is 260 g/mol. The van der Waals surface area contributed by atoms with Gasteiger partial charge in [0.1, 0.15) is 0 Å². The van der Waals surface area contributed by atoms with E-state index in [2.05, 4.69) is 19.2 Å². The summed E-state index contributed by atoms with van der Waals surface area (Å²) in [5.41, 5.74) is 5.58. The number of anilines is 1. The van der Waals surface area contributed by atoms with Crippen molar-refractivity contribution in [2.45, 2.75) is 26.4 Å². The smallest absolute Gasteiger partial charge is 0.385 e. The third kappa shape index (κ3) is 4.56. The predicted molar refractivity (Wildman–Crippen MR) is 67.4 cm³/mol. The van der Waals surface area contributed by atoms with E-state index < -0.39 is 11.7 Å². The monoisotopic (exact) mass is 260 g/mol. The van der Waals surface area contributed by atoms with Gasteiger partial charge in [-0.2, -0.15) is 13.2 Å². The molecule has 1 aromatic rings. The van der Waals surface area contributed by atoms with Crippen LogP contribution in [0.15, 0.2) is 24.3 Å². The maximum Gasteiger partial charge on any atom is 0.416 e. The van der Waals surface area contributed by atoms with Crippen molar-refractivity contribution in [1.29, 1.82) is 0 Å². The van der Waals surface area contributed by atoms with Crippen LogP contribution in [-0.2, 0) is 6.18 Å². The fourth-order valence-electron chi connectivity index (χ4n) is 1.60. The molecule has 0 saturated heterocycles. The number of nitrogens with two attached hydrogens (primary N) is 1. The molecule has 102 valence electrons. The Hall–Kier alpha value is -1.23. The molecule has 5 heteroatoms. The van der Waals surface area contributed by atoms with E-state index in [9.17, 15) is 13.2 Å². The Labute approximate surface area is 105 Å². The quantitative estimate of drug-likeness (QED) is 0.850. The molecule has 0 radical (unpaired) electrons. The van der Waals surface area contributed by atoms with Gasteiger partial charge in [-0.1, -0.05) is 13.8 Å². The number of hydrogen-bond acceptors (Lipinski definition) is 2. The molecular formula is C13H19F3N2. The number of halogens is 3. The van der Waals surface area contributed by atoms with Gasteiger partial charge in [0.25, 0.3) is 0 Å². The standard InChI is InChI=1S/C13H19F3N2/c1-12(2,7-8-17)9-18-11-5-3-10(4-6-11)13(14,15)16/h3-6,18H,7-9,17H2,1-2H3. The lowest BCUT2D eigenvalue weighted by molar-refractivity contribution is -0.137. The van der Waals surface area contributed by atoms with Crippen LogP contribution in [0.25, 0.3) is 0 Å². The average Bonchev–Trinajstić information content (AvgIpc) is 2.26. The van der Waals surface area contributed by atoms with Crippen LogP contribution in [0.5, 0.6) is 0 Å². The zero-order chi connectivity index (χ0) is 13.8. The molecule has 0 atom stereocenters. The van der Waals surface area contributed by atoms with Gasteiger partial charge in [0.15, 0.2) is 0 Å².